The summed E-state index contributed by atoms with van der Waals surface area (Å²) in [7, 11) is 1.57. The molecule has 0 fully saturated rings. The standard InChI is InChI=1S/C22H29ClN4O4/c1-5-13-31-20(15(2)7-9-18-10-8-17(23)14-24-18)25-19-16(3)21(29)27(11-6-12-28)22(30)26(19)4/h7-8,10,14,28H,5-6,9,11-13H2,1-4H3/b15-7-,25-20+. The van der Waals surface area contributed by atoms with Crippen molar-refractivity contribution in [1.82, 2.24) is 14.1 Å². The molecule has 0 aromatic carbocycles. The Morgan fingerprint density at radius 2 is 2.10 bits per heavy atom. The molecule has 0 atom stereocenters. The second kappa shape index (κ2) is 11.6. The number of halogens is 1. The number of nitrogens with zero attached hydrogens (tertiary/aromatic N) is 4. The number of hydrogen-bond acceptors (Lipinski definition) is 6. The minimum Gasteiger partial charge on any atom is -0.477 e. The van der Waals surface area contributed by atoms with Gasteiger partial charge in [-0.15, -0.1) is 0 Å². The SMILES string of the molecule is CCCOC(=N/c1c(C)c(=O)n(CCCO)c(=O)n1C)/C(C)=C\Cc1ccc(Cl)cn1. The van der Waals surface area contributed by atoms with E-state index in [9.17, 15) is 9.59 Å². The number of hydrogen-bond donors (Lipinski definition) is 1. The van der Waals surface area contributed by atoms with Crippen LogP contribution < -0.4 is 11.2 Å². The van der Waals surface area contributed by atoms with Crippen molar-refractivity contribution in [2.75, 3.05) is 13.2 Å². The zero-order valence-corrected chi connectivity index (χ0v) is 19.1. The first-order valence-electron chi connectivity index (χ1n) is 10.2. The molecular formula is C22H29ClN4O4. The molecule has 0 saturated heterocycles. The van der Waals surface area contributed by atoms with Crippen LogP contribution in [0.1, 0.15) is 37.9 Å². The van der Waals surface area contributed by atoms with Gasteiger partial charge in [-0.05, 0) is 38.8 Å². The van der Waals surface area contributed by atoms with E-state index in [-0.39, 0.29) is 19.0 Å². The second-order valence-electron chi connectivity index (χ2n) is 7.15. The summed E-state index contributed by atoms with van der Waals surface area (Å²) >= 11 is 5.88. The van der Waals surface area contributed by atoms with Crippen molar-refractivity contribution in [2.24, 2.45) is 12.0 Å². The molecule has 0 bridgehead atoms. The van der Waals surface area contributed by atoms with E-state index in [1.807, 2.05) is 26.0 Å². The molecule has 2 aromatic heterocycles. The van der Waals surface area contributed by atoms with Crippen LogP contribution in [0.3, 0.4) is 0 Å². The fourth-order valence-corrected chi connectivity index (χ4v) is 3.01. The third-order valence-electron chi connectivity index (χ3n) is 4.67. The van der Waals surface area contributed by atoms with Crippen molar-refractivity contribution in [3.05, 3.63) is 67.1 Å². The van der Waals surface area contributed by atoms with E-state index in [0.717, 1.165) is 22.3 Å². The Hall–Kier alpha value is -2.71. The number of aliphatic hydroxyl groups is 1. The molecule has 168 valence electrons. The number of aromatic nitrogens is 3. The molecule has 0 aliphatic heterocycles. The number of aliphatic hydroxyl groups excluding tert-OH is 1. The normalized spacial score (nSPS) is 12.3. The zero-order chi connectivity index (χ0) is 23.0. The monoisotopic (exact) mass is 448 g/mol. The quantitative estimate of drug-likeness (QED) is 0.469. The van der Waals surface area contributed by atoms with Crippen LogP contribution >= 0.6 is 11.6 Å². The Bertz CT molecular complexity index is 1030. The predicted molar refractivity (Wildman–Crippen MR) is 122 cm³/mol. The van der Waals surface area contributed by atoms with E-state index in [4.69, 9.17) is 21.4 Å². The van der Waals surface area contributed by atoms with E-state index in [0.29, 0.717) is 35.9 Å². The molecule has 0 aliphatic carbocycles. The number of allylic oxidation sites excluding steroid dienone is 1. The van der Waals surface area contributed by atoms with Gasteiger partial charge in [0.2, 0.25) is 5.90 Å². The van der Waals surface area contributed by atoms with Crippen LogP contribution in [0.2, 0.25) is 5.02 Å². The molecule has 0 aliphatic rings. The van der Waals surface area contributed by atoms with Crippen molar-refractivity contribution >= 4 is 23.3 Å². The minimum atomic E-state index is -0.482. The van der Waals surface area contributed by atoms with Crippen molar-refractivity contribution in [1.29, 1.82) is 0 Å². The first kappa shape index (κ1) is 24.6. The largest absolute Gasteiger partial charge is 0.477 e. The van der Waals surface area contributed by atoms with E-state index in [1.54, 1.807) is 26.2 Å². The molecule has 0 saturated carbocycles. The van der Waals surface area contributed by atoms with Crippen LogP contribution in [0.4, 0.5) is 5.82 Å². The summed E-state index contributed by atoms with van der Waals surface area (Å²) in [6, 6.07) is 3.62. The Labute approximate surface area is 186 Å². The Morgan fingerprint density at radius 1 is 1.35 bits per heavy atom. The fraction of sp³-hybridized carbons (Fsp3) is 0.455. The van der Waals surface area contributed by atoms with Gasteiger partial charge in [-0.25, -0.2) is 4.79 Å². The Kier molecular flexibility index (Phi) is 9.21. The lowest BCUT2D eigenvalue weighted by Crippen LogP contribution is -2.40. The van der Waals surface area contributed by atoms with Gasteiger partial charge in [0.25, 0.3) is 5.56 Å². The van der Waals surface area contributed by atoms with Crippen LogP contribution in [-0.4, -0.2) is 38.3 Å². The smallest absolute Gasteiger partial charge is 0.332 e. The summed E-state index contributed by atoms with van der Waals surface area (Å²) in [6.45, 7) is 5.97. The van der Waals surface area contributed by atoms with Gasteiger partial charge in [-0.1, -0.05) is 24.6 Å². The van der Waals surface area contributed by atoms with Crippen molar-refractivity contribution in [3.63, 3.8) is 0 Å². The third-order valence-corrected chi connectivity index (χ3v) is 4.89. The number of pyridine rings is 1. The maximum absolute atomic E-state index is 12.7. The topological polar surface area (TPSA) is 98.7 Å². The first-order valence-corrected chi connectivity index (χ1v) is 10.6. The van der Waals surface area contributed by atoms with Gasteiger partial charge in [0, 0.05) is 44.1 Å². The summed E-state index contributed by atoms with van der Waals surface area (Å²) in [5.74, 6) is 0.597. The molecule has 2 rings (SSSR count). The number of aliphatic imine (C=N–C) groups is 1. The lowest BCUT2D eigenvalue weighted by atomic mass is 10.2. The third kappa shape index (κ3) is 6.38. The Balaban J connectivity index is 2.46. The van der Waals surface area contributed by atoms with Gasteiger partial charge in [-0.2, -0.15) is 4.99 Å². The summed E-state index contributed by atoms with van der Waals surface area (Å²) in [5.41, 5.74) is 1.04. The van der Waals surface area contributed by atoms with Crippen molar-refractivity contribution in [2.45, 2.75) is 46.6 Å². The predicted octanol–water partition coefficient (Wildman–Crippen LogP) is 2.93. The maximum atomic E-state index is 12.7. The van der Waals surface area contributed by atoms with Crippen LogP contribution in [0.25, 0.3) is 0 Å². The van der Waals surface area contributed by atoms with Crippen LogP contribution in [0.15, 0.2) is 44.6 Å². The average Bonchev–Trinajstić information content (AvgIpc) is 2.76. The van der Waals surface area contributed by atoms with Gasteiger partial charge in [-0.3, -0.25) is 18.9 Å². The highest BCUT2D eigenvalue weighted by atomic mass is 35.5. The van der Waals surface area contributed by atoms with E-state index < -0.39 is 11.2 Å². The summed E-state index contributed by atoms with van der Waals surface area (Å²) in [4.78, 5) is 34.2. The summed E-state index contributed by atoms with van der Waals surface area (Å²) in [6.07, 6.45) is 5.18. The molecule has 0 unspecified atom stereocenters. The van der Waals surface area contributed by atoms with Crippen LogP contribution in [0, 0.1) is 6.92 Å². The van der Waals surface area contributed by atoms with E-state index >= 15 is 0 Å². The van der Waals surface area contributed by atoms with E-state index in [1.165, 1.54) is 4.57 Å². The highest BCUT2D eigenvalue weighted by molar-refractivity contribution is 6.30. The van der Waals surface area contributed by atoms with Crippen LogP contribution in [-0.2, 0) is 24.8 Å². The lowest BCUT2D eigenvalue weighted by molar-refractivity contribution is 0.277. The first-order chi connectivity index (χ1) is 14.8. The van der Waals surface area contributed by atoms with Crippen molar-refractivity contribution in [3.8, 4) is 0 Å². The van der Waals surface area contributed by atoms with Gasteiger partial charge >= 0.3 is 5.69 Å². The average molecular weight is 449 g/mol. The molecule has 0 radical (unpaired) electrons. The number of ether oxygens (including phenoxy) is 1. The molecule has 0 amide bonds. The molecule has 8 nitrogen and oxygen atoms in total. The Morgan fingerprint density at radius 3 is 2.71 bits per heavy atom. The van der Waals surface area contributed by atoms with Crippen molar-refractivity contribution < 1.29 is 9.84 Å². The van der Waals surface area contributed by atoms with Gasteiger partial charge in [0.15, 0.2) is 0 Å². The highest BCUT2D eigenvalue weighted by Gasteiger charge is 2.15. The zero-order valence-electron chi connectivity index (χ0n) is 18.4. The fourth-order valence-electron chi connectivity index (χ4n) is 2.89. The molecule has 0 spiro atoms. The molecule has 2 heterocycles. The van der Waals surface area contributed by atoms with Gasteiger partial charge in [0.1, 0.15) is 5.82 Å². The minimum absolute atomic E-state index is 0.101. The van der Waals surface area contributed by atoms with Gasteiger partial charge < -0.3 is 9.84 Å². The maximum Gasteiger partial charge on any atom is 0.332 e. The summed E-state index contributed by atoms with van der Waals surface area (Å²) < 4.78 is 8.28. The molecule has 9 heteroatoms. The highest BCUT2D eigenvalue weighted by Crippen LogP contribution is 2.16. The van der Waals surface area contributed by atoms with Gasteiger partial charge in [0.05, 0.1) is 17.2 Å². The van der Waals surface area contributed by atoms with Crippen LogP contribution in [0.5, 0.6) is 0 Å². The molecule has 31 heavy (non-hydrogen) atoms. The van der Waals surface area contributed by atoms with E-state index in [2.05, 4.69) is 9.98 Å². The second-order valence-corrected chi connectivity index (χ2v) is 7.59. The summed E-state index contributed by atoms with van der Waals surface area (Å²) in [5, 5.41) is 9.60. The number of rotatable bonds is 9. The molecule has 1 N–H and O–H groups in total. The lowest BCUT2D eigenvalue weighted by Gasteiger charge is -2.14. The molecule has 2 aromatic rings. The molecular weight excluding hydrogens is 420 g/mol.